The van der Waals surface area contributed by atoms with Crippen molar-refractivity contribution in [3.05, 3.63) is 35.4 Å². The lowest BCUT2D eigenvalue weighted by Crippen LogP contribution is -2.23. The van der Waals surface area contributed by atoms with Crippen LogP contribution in [0.3, 0.4) is 0 Å². The van der Waals surface area contributed by atoms with Gasteiger partial charge >= 0.3 is 5.97 Å². The van der Waals surface area contributed by atoms with Gasteiger partial charge in [0.1, 0.15) is 0 Å². The van der Waals surface area contributed by atoms with Crippen LogP contribution in [0.25, 0.3) is 0 Å². The fourth-order valence-corrected chi connectivity index (χ4v) is 1.11. The number of amides is 1. The fraction of sp³-hybridized carbons (Fsp3) is 0.167. The average molecular weight is 217 g/mol. The van der Waals surface area contributed by atoms with E-state index in [2.05, 4.69) is 17.2 Å². The smallest absolute Gasteiger partial charge is 0.335 e. The number of rotatable bonds is 3. The summed E-state index contributed by atoms with van der Waals surface area (Å²) in [7, 11) is 0. The first-order valence-electron chi connectivity index (χ1n) is 4.66. The van der Waals surface area contributed by atoms with Gasteiger partial charge in [0.05, 0.1) is 12.1 Å². The number of carboxylic acid groups (broad SMARTS) is 1. The summed E-state index contributed by atoms with van der Waals surface area (Å²) < 4.78 is 0. The molecule has 0 heterocycles. The van der Waals surface area contributed by atoms with Gasteiger partial charge in [-0.1, -0.05) is 12.0 Å². The third kappa shape index (κ3) is 3.14. The number of hydrogen-bond donors (Lipinski definition) is 2. The number of aromatic carboxylic acids is 1. The van der Waals surface area contributed by atoms with Gasteiger partial charge < -0.3 is 10.4 Å². The van der Waals surface area contributed by atoms with Gasteiger partial charge in [-0.3, -0.25) is 4.79 Å². The second kappa shape index (κ2) is 5.56. The van der Waals surface area contributed by atoms with E-state index < -0.39 is 5.97 Å². The fourth-order valence-electron chi connectivity index (χ4n) is 1.11. The van der Waals surface area contributed by atoms with Gasteiger partial charge in [0.15, 0.2) is 0 Å². The summed E-state index contributed by atoms with van der Waals surface area (Å²) >= 11 is 0. The molecule has 16 heavy (non-hydrogen) atoms. The molecule has 0 saturated carbocycles. The second-order valence-corrected chi connectivity index (χ2v) is 3.00. The lowest BCUT2D eigenvalue weighted by molar-refractivity contribution is 0.0697. The molecule has 0 unspecified atom stereocenters. The molecule has 0 atom stereocenters. The summed E-state index contributed by atoms with van der Waals surface area (Å²) in [4.78, 5) is 22.2. The van der Waals surface area contributed by atoms with Crippen LogP contribution in [0.15, 0.2) is 24.3 Å². The number of carboxylic acids is 1. The zero-order chi connectivity index (χ0) is 12.0. The molecular formula is C12H11NO3. The molecule has 0 saturated heterocycles. The number of benzene rings is 1. The molecule has 0 aliphatic carbocycles. The highest BCUT2D eigenvalue weighted by Gasteiger charge is 2.08. The van der Waals surface area contributed by atoms with E-state index in [1.165, 1.54) is 18.2 Å². The van der Waals surface area contributed by atoms with Gasteiger partial charge in [0, 0.05) is 5.56 Å². The van der Waals surface area contributed by atoms with Crippen LogP contribution in [0.1, 0.15) is 27.6 Å². The Labute approximate surface area is 93.3 Å². The zero-order valence-electron chi connectivity index (χ0n) is 8.78. The Morgan fingerprint density at radius 2 is 2.06 bits per heavy atom. The van der Waals surface area contributed by atoms with Crippen LogP contribution in [-0.2, 0) is 0 Å². The summed E-state index contributed by atoms with van der Waals surface area (Å²) in [5, 5.41) is 11.3. The molecule has 0 aromatic heterocycles. The van der Waals surface area contributed by atoms with Crippen molar-refractivity contribution in [3.63, 3.8) is 0 Å². The van der Waals surface area contributed by atoms with Crippen molar-refractivity contribution in [1.29, 1.82) is 0 Å². The lowest BCUT2D eigenvalue weighted by Gasteiger charge is -2.02. The van der Waals surface area contributed by atoms with E-state index in [4.69, 9.17) is 5.11 Å². The van der Waals surface area contributed by atoms with Crippen LogP contribution in [-0.4, -0.2) is 23.5 Å². The minimum absolute atomic E-state index is 0.0919. The van der Waals surface area contributed by atoms with E-state index >= 15 is 0 Å². The second-order valence-electron chi connectivity index (χ2n) is 3.00. The van der Waals surface area contributed by atoms with Gasteiger partial charge in [0.2, 0.25) is 0 Å². The Balaban J connectivity index is 2.78. The van der Waals surface area contributed by atoms with Crippen LogP contribution in [0.5, 0.6) is 0 Å². The van der Waals surface area contributed by atoms with Crippen molar-refractivity contribution in [2.45, 2.75) is 6.92 Å². The summed E-state index contributed by atoms with van der Waals surface area (Å²) in [6.45, 7) is 1.93. The van der Waals surface area contributed by atoms with Gasteiger partial charge in [0.25, 0.3) is 5.91 Å². The molecule has 0 aliphatic rings. The minimum Gasteiger partial charge on any atom is -0.478 e. The molecule has 0 bridgehead atoms. The summed E-state index contributed by atoms with van der Waals surface area (Å²) in [5.74, 6) is 3.95. The molecule has 0 fully saturated rings. The lowest BCUT2D eigenvalue weighted by atomic mass is 10.1. The first kappa shape index (κ1) is 11.8. The van der Waals surface area contributed by atoms with Crippen LogP contribution in [0.4, 0.5) is 0 Å². The van der Waals surface area contributed by atoms with Gasteiger partial charge in [-0.2, -0.15) is 0 Å². The molecule has 0 spiro atoms. The van der Waals surface area contributed by atoms with Crippen molar-refractivity contribution < 1.29 is 14.7 Å². The van der Waals surface area contributed by atoms with Gasteiger partial charge in [-0.15, -0.1) is 5.92 Å². The Bertz CT molecular complexity index is 469. The third-order valence-electron chi connectivity index (χ3n) is 1.89. The molecule has 1 aromatic rings. The molecule has 1 aromatic carbocycles. The molecule has 0 radical (unpaired) electrons. The Kier molecular flexibility index (Phi) is 4.10. The van der Waals surface area contributed by atoms with Crippen molar-refractivity contribution in [3.8, 4) is 11.8 Å². The van der Waals surface area contributed by atoms with E-state index in [0.717, 1.165) is 0 Å². The monoisotopic (exact) mass is 217 g/mol. The van der Waals surface area contributed by atoms with Gasteiger partial charge in [-0.05, 0) is 25.1 Å². The number of nitrogens with one attached hydrogen (secondary N) is 1. The molecule has 4 nitrogen and oxygen atoms in total. The van der Waals surface area contributed by atoms with E-state index in [9.17, 15) is 9.59 Å². The quantitative estimate of drug-likeness (QED) is 0.746. The summed E-state index contributed by atoms with van der Waals surface area (Å²) in [6.07, 6.45) is 0. The molecule has 82 valence electrons. The summed E-state index contributed by atoms with van der Waals surface area (Å²) in [5.41, 5.74) is 0.409. The maximum Gasteiger partial charge on any atom is 0.335 e. The summed E-state index contributed by atoms with van der Waals surface area (Å²) in [6, 6.07) is 5.85. The number of carbonyl (C=O) groups is 2. The Morgan fingerprint density at radius 3 is 2.69 bits per heavy atom. The predicted octanol–water partition coefficient (Wildman–Crippen LogP) is 1.14. The number of carbonyl (C=O) groups excluding carboxylic acids is 1. The van der Waals surface area contributed by atoms with Gasteiger partial charge in [-0.25, -0.2) is 4.79 Å². The van der Waals surface area contributed by atoms with Crippen LogP contribution >= 0.6 is 0 Å². The normalized spacial score (nSPS) is 8.81. The van der Waals surface area contributed by atoms with E-state index in [1.54, 1.807) is 13.0 Å². The SMILES string of the molecule is CC#CCNC(=O)c1cccc(C(=O)O)c1. The Morgan fingerprint density at radius 1 is 1.38 bits per heavy atom. The highest BCUT2D eigenvalue weighted by atomic mass is 16.4. The molecular weight excluding hydrogens is 206 g/mol. The first-order chi connectivity index (χ1) is 7.65. The largest absolute Gasteiger partial charge is 0.478 e. The maximum atomic E-state index is 11.5. The van der Waals surface area contributed by atoms with Crippen molar-refractivity contribution in [2.24, 2.45) is 0 Å². The molecule has 0 aliphatic heterocycles. The van der Waals surface area contributed by atoms with E-state index in [1.807, 2.05) is 0 Å². The zero-order valence-corrected chi connectivity index (χ0v) is 8.78. The highest BCUT2D eigenvalue weighted by Crippen LogP contribution is 2.04. The molecule has 1 amide bonds. The first-order valence-corrected chi connectivity index (χ1v) is 4.66. The minimum atomic E-state index is -1.05. The standard InChI is InChI=1S/C12H11NO3/c1-2-3-7-13-11(14)9-5-4-6-10(8-9)12(15)16/h4-6,8H,7H2,1H3,(H,13,14)(H,15,16). The average Bonchev–Trinajstić information content (AvgIpc) is 2.29. The van der Waals surface area contributed by atoms with Crippen LogP contribution < -0.4 is 5.32 Å². The highest BCUT2D eigenvalue weighted by molar-refractivity contribution is 5.97. The van der Waals surface area contributed by atoms with Crippen LogP contribution in [0.2, 0.25) is 0 Å². The van der Waals surface area contributed by atoms with E-state index in [0.29, 0.717) is 5.56 Å². The van der Waals surface area contributed by atoms with E-state index in [-0.39, 0.29) is 18.0 Å². The predicted molar refractivity (Wildman–Crippen MR) is 59.2 cm³/mol. The van der Waals surface area contributed by atoms with Crippen molar-refractivity contribution in [2.75, 3.05) is 6.54 Å². The maximum absolute atomic E-state index is 11.5. The molecule has 2 N–H and O–H groups in total. The number of hydrogen-bond acceptors (Lipinski definition) is 2. The Hall–Kier alpha value is -2.28. The molecule has 4 heteroatoms. The molecule has 1 rings (SSSR count). The topological polar surface area (TPSA) is 66.4 Å². The van der Waals surface area contributed by atoms with Crippen molar-refractivity contribution in [1.82, 2.24) is 5.32 Å². The van der Waals surface area contributed by atoms with Crippen LogP contribution in [0, 0.1) is 11.8 Å². The van der Waals surface area contributed by atoms with Crippen molar-refractivity contribution >= 4 is 11.9 Å². The third-order valence-corrected chi connectivity index (χ3v) is 1.89.